The lowest BCUT2D eigenvalue weighted by atomic mass is 9.99. The van der Waals surface area contributed by atoms with Crippen molar-refractivity contribution in [2.24, 2.45) is 0 Å². The summed E-state index contributed by atoms with van der Waals surface area (Å²) in [7, 11) is 1.40. The lowest BCUT2D eigenvalue weighted by Gasteiger charge is -2.05. The van der Waals surface area contributed by atoms with Gasteiger partial charge in [-0.1, -0.05) is 13.8 Å². The molecule has 3 aromatic heterocycles. The number of aryl methyl sites for hydroxylation is 3. The molecular formula is C30H34N4O3. The average Bonchev–Trinajstić information content (AvgIpc) is 3.57. The maximum absolute atomic E-state index is 12.9. The number of aliphatic hydroxyl groups excluding tert-OH is 1. The molecule has 2 aliphatic heterocycles. The molecule has 0 amide bonds. The summed E-state index contributed by atoms with van der Waals surface area (Å²) in [5.74, 6) is -0.186. The minimum Gasteiger partial charge on any atom is -0.465 e. The van der Waals surface area contributed by atoms with E-state index in [1.165, 1.54) is 12.7 Å². The molecule has 0 aromatic carbocycles. The van der Waals surface area contributed by atoms with Gasteiger partial charge < -0.3 is 19.8 Å². The zero-order chi connectivity index (χ0) is 26.6. The Bertz CT molecular complexity index is 1640. The van der Waals surface area contributed by atoms with Crippen LogP contribution in [0.1, 0.15) is 77.3 Å². The van der Waals surface area contributed by atoms with Gasteiger partial charge in [0, 0.05) is 44.9 Å². The topological polar surface area (TPSA) is 104 Å². The summed E-state index contributed by atoms with van der Waals surface area (Å²) in [6.45, 7) is 12.3. The Labute approximate surface area is 216 Å². The second-order valence-corrected chi connectivity index (χ2v) is 10.1. The van der Waals surface area contributed by atoms with Gasteiger partial charge in [0.25, 0.3) is 0 Å². The first-order chi connectivity index (χ1) is 17.7. The number of hydrogen-bond acceptors (Lipinski definition) is 5. The van der Waals surface area contributed by atoms with Crippen LogP contribution in [0.3, 0.4) is 0 Å². The van der Waals surface area contributed by atoms with E-state index in [1.807, 2.05) is 26.8 Å². The van der Waals surface area contributed by atoms with Crippen molar-refractivity contribution in [2.45, 2.75) is 66.9 Å². The van der Waals surface area contributed by atoms with Crippen molar-refractivity contribution in [3.63, 3.8) is 0 Å². The number of aromatic amines is 2. The molecule has 5 heterocycles. The third kappa shape index (κ3) is 3.98. The summed E-state index contributed by atoms with van der Waals surface area (Å²) in [5.41, 5.74) is 13.4. The van der Waals surface area contributed by atoms with E-state index in [4.69, 9.17) is 14.7 Å². The number of carbonyl (C=O) groups is 1. The Hall–Kier alpha value is -3.71. The molecule has 0 radical (unpaired) electrons. The molecule has 0 spiro atoms. The summed E-state index contributed by atoms with van der Waals surface area (Å²) in [4.78, 5) is 30.0. The molecule has 7 nitrogen and oxygen atoms in total. The largest absolute Gasteiger partial charge is 0.465 e. The third-order valence-corrected chi connectivity index (χ3v) is 7.95. The van der Waals surface area contributed by atoms with Crippen molar-refractivity contribution in [1.29, 1.82) is 0 Å². The quantitative estimate of drug-likeness (QED) is 0.399. The Morgan fingerprint density at radius 2 is 1.62 bits per heavy atom. The van der Waals surface area contributed by atoms with Crippen LogP contribution in [0.4, 0.5) is 0 Å². The van der Waals surface area contributed by atoms with Crippen LogP contribution in [0, 0.1) is 20.8 Å². The van der Waals surface area contributed by atoms with Gasteiger partial charge in [-0.15, -0.1) is 0 Å². The first-order valence-electron chi connectivity index (χ1n) is 12.8. The highest BCUT2D eigenvalue weighted by Crippen LogP contribution is 2.36. The SMILES string of the molecule is CCc1c(C)c2cc3[nH]c(cc4nc(c(C)c5nc(cc1[nH]2)C(C)=C5C(=O)OC)CC4C)c(C)c3CO. The summed E-state index contributed by atoms with van der Waals surface area (Å²) >= 11 is 0. The van der Waals surface area contributed by atoms with E-state index < -0.39 is 5.97 Å². The molecule has 5 rings (SSSR count). The minimum atomic E-state index is -0.391. The molecule has 3 N–H and O–H groups in total. The Kier molecular flexibility index (Phi) is 6.28. The van der Waals surface area contributed by atoms with Gasteiger partial charge in [0.1, 0.15) is 0 Å². The number of rotatable bonds is 3. The lowest BCUT2D eigenvalue weighted by molar-refractivity contribution is -0.133. The van der Waals surface area contributed by atoms with Gasteiger partial charge in [0.05, 0.1) is 30.7 Å². The Balaban J connectivity index is 2.00. The second kappa shape index (κ2) is 9.30. The van der Waals surface area contributed by atoms with Crippen LogP contribution in [-0.2, 0) is 29.0 Å². The molecule has 8 bridgehead atoms. The number of nitrogens with one attached hydrogen (secondary N) is 2. The van der Waals surface area contributed by atoms with Gasteiger partial charge in [-0.3, -0.25) is 4.98 Å². The van der Waals surface area contributed by atoms with Gasteiger partial charge in [-0.05, 0) is 86.6 Å². The molecule has 3 aromatic rings. The molecule has 0 fully saturated rings. The van der Waals surface area contributed by atoms with E-state index in [1.54, 1.807) is 0 Å². The molecule has 1 atom stereocenters. The number of methoxy groups -OCH3 is 1. The molecule has 0 aliphatic carbocycles. The lowest BCUT2D eigenvalue weighted by Crippen LogP contribution is -2.05. The van der Waals surface area contributed by atoms with Crippen molar-refractivity contribution in [2.75, 3.05) is 7.11 Å². The highest BCUT2D eigenvalue weighted by Gasteiger charge is 2.28. The maximum Gasteiger partial charge on any atom is 0.340 e. The molecular weight excluding hydrogens is 464 g/mol. The minimum absolute atomic E-state index is 0.0525. The van der Waals surface area contributed by atoms with Crippen molar-refractivity contribution < 1.29 is 14.6 Å². The number of aliphatic hydroxyl groups is 1. The Morgan fingerprint density at radius 1 is 0.973 bits per heavy atom. The molecule has 1 unspecified atom stereocenters. The highest BCUT2D eigenvalue weighted by atomic mass is 16.5. The van der Waals surface area contributed by atoms with Crippen LogP contribution in [0.2, 0.25) is 0 Å². The highest BCUT2D eigenvalue weighted by molar-refractivity contribution is 6.25. The summed E-state index contributed by atoms with van der Waals surface area (Å²) in [5, 5.41) is 10.2. The van der Waals surface area contributed by atoms with E-state index in [0.717, 1.165) is 79.8 Å². The maximum atomic E-state index is 12.9. The number of esters is 1. The number of hydrogen-bond donors (Lipinski definition) is 3. The molecule has 192 valence electrons. The summed E-state index contributed by atoms with van der Waals surface area (Å²) < 4.78 is 5.16. The number of ether oxygens (including phenoxy) is 1. The number of nitrogens with zero attached hydrogens (tertiary/aromatic N) is 2. The van der Waals surface area contributed by atoms with Gasteiger partial charge in [0.15, 0.2) is 0 Å². The van der Waals surface area contributed by atoms with Crippen LogP contribution in [-0.4, -0.2) is 38.1 Å². The van der Waals surface area contributed by atoms with Gasteiger partial charge in [-0.2, -0.15) is 0 Å². The van der Waals surface area contributed by atoms with E-state index in [9.17, 15) is 9.90 Å². The van der Waals surface area contributed by atoms with Crippen LogP contribution >= 0.6 is 0 Å². The van der Waals surface area contributed by atoms with E-state index in [-0.39, 0.29) is 12.5 Å². The van der Waals surface area contributed by atoms with E-state index >= 15 is 0 Å². The van der Waals surface area contributed by atoms with Crippen LogP contribution in [0.25, 0.3) is 33.2 Å². The fraction of sp³-hybridized carbons (Fsp3) is 0.367. The van der Waals surface area contributed by atoms with Crippen molar-refractivity contribution in [3.05, 3.63) is 68.8 Å². The average molecular weight is 499 g/mol. The van der Waals surface area contributed by atoms with Crippen molar-refractivity contribution >= 4 is 39.2 Å². The number of aromatic nitrogens is 4. The van der Waals surface area contributed by atoms with Crippen molar-refractivity contribution in [3.8, 4) is 0 Å². The van der Waals surface area contributed by atoms with Gasteiger partial charge in [0.2, 0.25) is 0 Å². The Morgan fingerprint density at radius 3 is 2.27 bits per heavy atom. The normalized spacial score (nSPS) is 15.4. The predicted molar refractivity (Wildman–Crippen MR) is 147 cm³/mol. The smallest absolute Gasteiger partial charge is 0.340 e. The number of allylic oxidation sites excluding steroid dienone is 1. The molecule has 0 saturated carbocycles. The fourth-order valence-corrected chi connectivity index (χ4v) is 5.57. The van der Waals surface area contributed by atoms with E-state index in [0.29, 0.717) is 11.3 Å². The molecule has 37 heavy (non-hydrogen) atoms. The van der Waals surface area contributed by atoms with Crippen LogP contribution in [0.5, 0.6) is 0 Å². The zero-order valence-corrected chi connectivity index (χ0v) is 22.6. The van der Waals surface area contributed by atoms with Gasteiger partial charge in [-0.25, -0.2) is 9.78 Å². The summed E-state index contributed by atoms with van der Waals surface area (Å²) in [6.07, 6.45) is 1.60. The monoisotopic (exact) mass is 498 g/mol. The first kappa shape index (κ1) is 25.0. The predicted octanol–water partition coefficient (Wildman–Crippen LogP) is 5.74. The van der Waals surface area contributed by atoms with Crippen LogP contribution in [0.15, 0.2) is 18.2 Å². The second-order valence-electron chi connectivity index (χ2n) is 10.1. The fourth-order valence-electron chi connectivity index (χ4n) is 5.57. The molecule has 0 saturated heterocycles. The van der Waals surface area contributed by atoms with Gasteiger partial charge >= 0.3 is 5.97 Å². The number of carbonyl (C=O) groups excluding carboxylic acids is 1. The number of H-pyrrole nitrogens is 2. The number of fused-ring (bicyclic) bond motifs is 8. The van der Waals surface area contributed by atoms with Crippen LogP contribution < -0.4 is 0 Å². The zero-order valence-electron chi connectivity index (χ0n) is 22.6. The standard InChI is InChI=1S/C30H34N4O3/c1-8-19-15(3)24-11-27-20(13-35)16(4)23(33-27)10-21-14(2)9-22(31-21)18(6)29-28(30(36)37-7)17(5)25(34-29)12-26(19)32-24/h10-12,14,32-33,35H,8-9,13H2,1-7H3. The first-order valence-corrected chi connectivity index (χ1v) is 12.8. The van der Waals surface area contributed by atoms with E-state index in [2.05, 4.69) is 42.9 Å². The third-order valence-electron chi connectivity index (χ3n) is 7.95. The molecule has 2 aliphatic rings. The summed E-state index contributed by atoms with van der Waals surface area (Å²) in [6, 6.07) is 6.17. The van der Waals surface area contributed by atoms with Crippen molar-refractivity contribution in [1.82, 2.24) is 19.9 Å². The molecule has 7 heteroatoms.